The fourth-order valence-electron chi connectivity index (χ4n) is 2.24. The van der Waals surface area contributed by atoms with E-state index in [4.69, 9.17) is 18.0 Å². The zero-order chi connectivity index (χ0) is 13.8. The Bertz CT molecular complexity index is 501. The van der Waals surface area contributed by atoms with Gasteiger partial charge in [0.15, 0.2) is 0 Å². The van der Waals surface area contributed by atoms with Crippen LogP contribution >= 0.6 is 12.2 Å². The van der Waals surface area contributed by atoms with Crippen LogP contribution < -0.4 is 16.4 Å². The molecule has 0 radical (unpaired) electrons. The smallest absolute Gasteiger partial charge is 0.319 e. The van der Waals surface area contributed by atoms with Gasteiger partial charge in [-0.25, -0.2) is 9.18 Å². The molecule has 0 unspecified atom stereocenters. The quantitative estimate of drug-likeness (QED) is 0.746. The number of rotatable bonds is 3. The van der Waals surface area contributed by atoms with Gasteiger partial charge in [0.1, 0.15) is 10.8 Å². The number of carbonyl (C=O) groups excluding carboxylic acids is 1. The van der Waals surface area contributed by atoms with Gasteiger partial charge in [-0.3, -0.25) is 0 Å². The molecule has 1 aromatic carbocycles. The Morgan fingerprint density at radius 1 is 1.37 bits per heavy atom. The summed E-state index contributed by atoms with van der Waals surface area (Å²) in [6, 6.07) is 3.84. The Morgan fingerprint density at radius 3 is 2.68 bits per heavy atom. The summed E-state index contributed by atoms with van der Waals surface area (Å²) in [4.78, 5) is 11.9. The number of halogens is 1. The number of amides is 2. The molecule has 0 aliphatic heterocycles. The van der Waals surface area contributed by atoms with E-state index in [0.29, 0.717) is 11.3 Å². The lowest BCUT2D eigenvalue weighted by Crippen LogP contribution is -2.36. The summed E-state index contributed by atoms with van der Waals surface area (Å²) in [5.41, 5.74) is 6.27. The fourth-order valence-corrected chi connectivity index (χ4v) is 2.41. The molecule has 6 heteroatoms. The van der Waals surface area contributed by atoms with Gasteiger partial charge < -0.3 is 16.4 Å². The third-order valence-corrected chi connectivity index (χ3v) is 3.41. The first-order valence-corrected chi connectivity index (χ1v) is 6.64. The first-order valence-electron chi connectivity index (χ1n) is 6.23. The summed E-state index contributed by atoms with van der Waals surface area (Å²) in [7, 11) is 0. The van der Waals surface area contributed by atoms with Crippen molar-refractivity contribution in [3.8, 4) is 0 Å². The molecule has 0 saturated heterocycles. The molecule has 0 bridgehead atoms. The molecule has 0 atom stereocenters. The predicted molar refractivity (Wildman–Crippen MR) is 76.7 cm³/mol. The second kappa shape index (κ2) is 5.97. The molecule has 19 heavy (non-hydrogen) atoms. The monoisotopic (exact) mass is 281 g/mol. The zero-order valence-electron chi connectivity index (χ0n) is 10.4. The molecule has 0 aromatic heterocycles. The molecule has 0 heterocycles. The maximum atomic E-state index is 13.1. The second-order valence-corrected chi connectivity index (χ2v) is 5.07. The van der Waals surface area contributed by atoms with Crippen molar-refractivity contribution in [2.45, 2.75) is 31.7 Å². The summed E-state index contributed by atoms with van der Waals surface area (Å²) < 4.78 is 13.1. The molecule has 1 saturated carbocycles. The summed E-state index contributed by atoms with van der Waals surface area (Å²) >= 11 is 4.84. The van der Waals surface area contributed by atoms with Gasteiger partial charge in [0.2, 0.25) is 0 Å². The van der Waals surface area contributed by atoms with Crippen LogP contribution in [0.4, 0.5) is 14.9 Å². The van der Waals surface area contributed by atoms with E-state index in [1.807, 2.05) is 0 Å². The Morgan fingerprint density at radius 2 is 2.05 bits per heavy atom. The summed E-state index contributed by atoms with van der Waals surface area (Å²) in [5.74, 6) is -0.440. The fraction of sp³-hybridized carbons (Fsp3) is 0.385. The first-order chi connectivity index (χ1) is 9.06. The molecular weight excluding hydrogens is 265 g/mol. The number of hydrogen-bond donors (Lipinski definition) is 3. The second-order valence-electron chi connectivity index (χ2n) is 4.63. The van der Waals surface area contributed by atoms with Gasteiger partial charge in [-0.2, -0.15) is 0 Å². The van der Waals surface area contributed by atoms with Gasteiger partial charge >= 0.3 is 6.03 Å². The molecule has 0 spiro atoms. The van der Waals surface area contributed by atoms with Crippen molar-refractivity contribution >= 4 is 28.9 Å². The van der Waals surface area contributed by atoms with Gasteiger partial charge in [0, 0.05) is 11.6 Å². The average Bonchev–Trinajstić information content (AvgIpc) is 2.83. The predicted octanol–water partition coefficient (Wildman–Crippen LogP) is 2.52. The van der Waals surface area contributed by atoms with Crippen LogP contribution in [0, 0.1) is 5.82 Å². The van der Waals surface area contributed by atoms with Gasteiger partial charge in [0.05, 0.1) is 5.69 Å². The molecule has 1 aliphatic carbocycles. The molecule has 4 N–H and O–H groups in total. The molecule has 4 nitrogen and oxygen atoms in total. The number of urea groups is 1. The number of thiocarbonyl (C=S) groups is 1. The number of anilines is 1. The number of nitrogens with one attached hydrogen (secondary N) is 2. The van der Waals surface area contributed by atoms with Crippen LogP contribution in [-0.4, -0.2) is 17.1 Å². The third-order valence-electron chi connectivity index (χ3n) is 3.19. The van der Waals surface area contributed by atoms with E-state index in [1.54, 1.807) is 0 Å². The largest absolute Gasteiger partial charge is 0.389 e. The standard InChI is InChI=1S/C13H16FN3OS/c14-8-5-6-11(10(7-8)12(15)19)17-13(18)16-9-3-1-2-4-9/h5-7,9H,1-4H2,(H2,15,19)(H2,16,17,18). The molecule has 2 amide bonds. The molecule has 102 valence electrons. The van der Waals surface area contributed by atoms with Gasteiger partial charge in [-0.15, -0.1) is 0 Å². The highest BCUT2D eigenvalue weighted by molar-refractivity contribution is 7.80. The number of carbonyl (C=O) groups is 1. The maximum absolute atomic E-state index is 13.1. The minimum atomic E-state index is -0.440. The van der Waals surface area contributed by atoms with Crippen molar-refractivity contribution in [3.05, 3.63) is 29.6 Å². The van der Waals surface area contributed by atoms with Gasteiger partial charge in [-0.1, -0.05) is 25.1 Å². The van der Waals surface area contributed by atoms with Crippen LogP contribution in [0.15, 0.2) is 18.2 Å². The van der Waals surface area contributed by atoms with Gasteiger partial charge in [0.25, 0.3) is 0 Å². The maximum Gasteiger partial charge on any atom is 0.319 e. The molecule has 1 fully saturated rings. The average molecular weight is 281 g/mol. The highest BCUT2D eigenvalue weighted by Gasteiger charge is 2.18. The lowest BCUT2D eigenvalue weighted by molar-refractivity contribution is 0.248. The van der Waals surface area contributed by atoms with E-state index < -0.39 is 5.82 Å². The van der Waals surface area contributed by atoms with Crippen molar-refractivity contribution in [2.75, 3.05) is 5.32 Å². The zero-order valence-corrected chi connectivity index (χ0v) is 11.2. The number of nitrogens with two attached hydrogens (primary N) is 1. The Hall–Kier alpha value is -1.69. The minimum Gasteiger partial charge on any atom is -0.389 e. The Kier molecular flexibility index (Phi) is 4.31. The Labute approximate surface area is 116 Å². The molecule has 1 aromatic rings. The van der Waals surface area contributed by atoms with Crippen LogP contribution in [0.25, 0.3) is 0 Å². The van der Waals surface area contributed by atoms with Crippen molar-refractivity contribution in [2.24, 2.45) is 5.73 Å². The topological polar surface area (TPSA) is 67.1 Å². The van der Waals surface area contributed by atoms with Crippen LogP contribution in [0.5, 0.6) is 0 Å². The number of benzene rings is 1. The van der Waals surface area contributed by atoms with Crippen molar-refractivity contribution in [1.29, 1.82) is 0 Å². The molecule has 2 rings (SSSR count). The van der Waals surface area contributed by atoms with E-state index in [9.17, 15) is 9.18 Å². The van der Waals surface area contributed by atoms with E-state index in [1.165, 1.54) is 18.2 Å². The van der Waals surface area contributed by atoms with Crippen LogP contribution in [-0.2, 0) is 0 Å². The van der Waals surface area contributed by atoms with E-state index in [0.717, 1.165) is 25.7 Å². The van der Waals surface area contributed by atoms with Crippen LogP contribution in [0.2, 0.25) is 0 Å². The van der Waals surface area contributed by atoms with Gasteiger partial charge in [-0.05, 0) is 31.0 Å². The first kappa shape index (κ1) is 13.7. The van der Waals surface area contributed by atoms with Crippen LogP contribution in [0.1, 0.15) is 31.2 Å². The van der Waals surface area contributed by atoms with Crippen molar-refractivity contribution in [1.82, 2.24) is 5.32 Å². The summed E-state index contributed by atoms with van der Waals surface area (Å²) in [5, 5.41) is 5.54. The summed E-state index contributed by atoms with van der Waals surface area (Å²) in [6.07, 6.45) is 4.28. The van der Waals surface area contributed by atoms with E-state index in [2.05, 4.69) is 10.6 Å². The Balaban J connectivity index is 2.05. The molecule has 1 aliphatic rings. The SMILES string of the molecule is NC(=S)c1cc(F)ccc1NC(=O)NC1CCCC1. The highest BCUT2D eigenvalue weighted by atomic mass is 32.1. The third kappa shape index (κ3) is 3.64. The van der Waals surface area contributed by atoms with E-state index in [-0.39, 0.29) is 17.1 Å². The van der Waals surface area contributed by atoms with Crippen molar-refractivity contribution in [3.63, 3.8) is 0 Å². The van der Waals surface area contributed by atoms with Crippen molar-refractivity contribution < 1.29 is 9.18 Å². The van der Waals surface area contributed by atoms with Crippen LogP contribution in [0.3, 0.4) is 0 Å². The lowest BCUT2D eigenvalue weighted by Gasteiger charge is -2.14. The minimum absolute atomic E-state index is 0.0515. The molecular formula is C13H16FN3OS. The number of hydrogen-bond acceptors (Lipinski definition) is 2. The summed E-state index contributed by atoms with van der Waals surface area (Å²) in [6.45, 7) is 0. The normalized spacial score (nSPS) is 15.2. The lowest BCUT2D eigenvalue weighted by atomic mass is 10.1. The highest BCUT2D eigenvalue weighted by Crippen LogP contribution is 2.19. The van der Waals surface area contributed by atoms with E-state index >= 15 is 0 Å².